The molecule has 0 atom stereocenters. The first kappa shape index (κ1) is 14.2. The zero-order valence-corrected chi connectivity index (χ0v) is 12.2. The van der Waals surface area contributed by atoms with Gasteiger partial charge in [-0.15, -0.1) is 11.3 Å². The predicted octanol–water partition coefficient (Wildman–Crippen LogP) is 1.14. The Morgan fingerprint density at radius 2 is 2.32 bits per heavy atom. The van der Waals surface area contributed by atoms with E-state index >= 15 is 0 Å². The van der Waals surface area contributed by atoms with Gasteiger partial charge in [0.25, 0.3) is 10.0 Å². The van der Waals surface area contributed by atoms with Crippen molar-refractivity contribution in [2.24, 2.45) is 5.73 Å². The van der Waals surface area contributed by atoms with Gasteiger partial charge in [0.1, 0.15) is 0 Å². The first-order valence-corrected chi connectivity index (χ1v) is 8.16. The van der Waals surface area contributed by atoms with E-state index in [0.717, 1.165) is 4.88 Å². The summed E-state index contributed by atoms with van der Waals surface area (Å²) in [5.74, 6) is 0. The van der Waals surface area contributed by atoms with Gasteiger partial charge in [-0.05, 0) is 11.4 Å². The number of aromatic nitrogens is 2. The molecule has 0 aliphatic heterocycles. The van der Waals surface area contributed by atoms with Crippen LogP contribution in [0.3, 0.4) is 0 Å². The summed E-state index contributed by atoms with van der Waals surface area (Å²) in [6.45, 7) is 2.70. The van der Waals surface area contributed by atoms with E-state index in [0.29, 0.717) is 18.7 Å². The van der Waals surface area contributed by atoms with E-state index in [1.807, 2.05) is 24.4 Å². The van der Waals surface area contributed by atoms with E-state index < -0.39 is 10.0 Å². The minimum Gasteiger partial charge on any atom is -0.326 e. The Morgan fingerprint density at radius 3 is 2.89 bits per heavy atom. The van der Waals surface area contributed by atoms with Crippen LogP contribution in [0.5, 0.6) is 0 Å². The molecule has 0 aliphatic rings. The maximum absolute atomic E-state index is 12.5. The summed E-state index contributed by atoms with van der Waals surface area (Å²) >= 11 is 1.53. The fourth-order valence-electron chi connectivity index (χ4n) is 1.74. The average Bonchev–Trinajstić information content (AvgIpc) is 3.06. The number of nitrogens with one attached hydrogen (secondary N) is 1. The topological polar surface area (TPSA) is 92.1 Å². The number of nitrogens with two attached hydrogens (primary N) is 1. The SMILES string of the molecule is CCN(Cc1cccs1)S(=O)(=O)c1[nH]ncc1CN. The molecule has 3 N–H and O–H groups in total. The normalized spacial score (nSPS) is 12.2. The van der Waals surface area contributed by atoms with Crippen molar-refractivity contribution >= 4 is 21.4 Å². The molecule has 6 nitrogen and oxygen atoms in total. The molecule has 0 aromatic carbocycles. The number of H-pyrrole nitrogens is 1. The van der Waals surface area contributed by atoms with Crippen molar-refractivity contribution in [1.82, 2.24) is 14.5 Å². The largest absolute Gasteiger partial charge is 0.326 e. The molecule has 2 heterocycles. The molecule has 104 valence electrons. The predicted molar refractivity (Wildman–Crippen MR) is 74.1 cm³/mol. The van der Waals surface area contributed by atoms with Gasteiger partial charge in [0, 0.05) is 30.1 Å². The van der Waals surface area contributed by atoms with Crippen LogP contribution in [0, 0.1) is 0 Å². The Morgan fingerprint density at radius 1 is 1.53 bits per heavy atom. The highest BCUT2D eigenvalue weighted by Gasteiger charge is 2.27. The third-order valence-corrected chi connectivity index (χ3v) is 5.56. The fourth-order valence-corrected chi connectivity index (χ4v) is 4.08. The van der Waals surface area contributed by atoms with Gasteiger partial charge in [-0.25, -0.2) is 8.42 Å². The van der Waals surface area contributed by atoms with Crippen LogP contribution < -0.4 is 5.73 Å². The lowest BCUT2D eigenvalue weighted by atomic mass is 10.4. The molecule has 0 saturated carbocycles. The van der Waals surface area contributed by atoms with Crippen molar-refractivity contribution in [1.29, 1.82) is 0 Å². The quantitative estimate of drug-likeness (QED) is 0.837. The third-order valence-electron chi connectivity index (χ3n) is 2.76. The van der Waals surface area contributed by atoms with E-state index in [4.69, 9.17) is 5.73 Å². The molecule has 0 saturated heterocycles. The van der Waals surface area contributed by atoms with Gasteiger partial charge < -0.3 is 5.73 Å². The van der Waals surface area contributed by atoms with Crippen molar-refractivity contribution in [3.05, 3.63) is 34.2 Å². The van der Waals surface area contributed by atoms with E-state index in [-0.39, 0.29) is 11.6 Å². The van der Waals surface area contributed by atoms with Crippen LogP contribution in [-0.4, -0.2) is 29.5 Å². The summed E-state index contributed by atoms with van der Waals surface area (Å²) in [6, 6.07) is 3.82. The Bertz CT molecular complexity index is 619. The number of hydrogen-bond donors (Lipinski definition) is 2. The molecule has 0 unspecified atom stereocenters. The minimum absolute atomic E-state index is 0.0911. The van der Waals surface area contributed by atoms with Crippen LogP contribution in [0.1, 0.15) is 17.4 Å². The van der Waals surface area contributed by atoms with Crippen LogP contribution in [0.2, 0.25) is 0 Å². The van der Waals surface area contributed by atoms with Gasteiger partial charge in [-0.2, -0.15) is 9.40 Å². The minimum atomic E-state index is -3.58. The maximum atomic E-state index is 12.5. The van der Waals surface area contributed by atoms with Crippen LogP contribution in [-0.2, 0) is 23.1 Å². The van der Waals surface area contributed by atoms with Gasteiger partial charge >= 0.3 is 0 Å². The first-order valence-electron chi connectivity index (χ1n) is 5.84. The second kappa shape index (κ2) is 5.83. The van der Waals surface area contributed by atoms with Gasteiger partial charge in [0.15, 0.2) is 5.03 Å². The molecule has 0 bridgehead atoms. The highest BCUT2D eigenvalue weighted by atomic mass is 32.2. The summed E-state index contributed by atoms with van der Waals surface area (Å²) in [7, 11) is -3.58. The monoisotopic (exact) mass is 300 g/mol. The molecular formula is C11H16N4O2S2. The third kappa shape index (κ3) is 2.86. The van der Waals surface area contributed by atoms with Crippen LogP contribution in [0.25, 0.3) is 0 Å². The highest BCUT2D eigenvalue weighted by Crippen LogP contribution is 2.21. The number of sulfonamides is 1. The second-order valence-corrected chi connectivity index (χ2v) is 6.85. The summed E-state index contributed by atoms with van der Waals surface area (Å²) in [6.07, 6.45) is 1.45. The smallest absolute Gasteiger partial charge is 0.260 e. The maximum Gasteiger partial charge on any atom is 0.260 e. The van der Waals surface area contributed by atoms with Gasteiger partial charge in [-0.1, -0.05) is 13.0 Å². The Hall–Kier alpha value is -1.22. The van der Waals surface area contributed by atoms with Crippen molar-refractivity contribution in [3.8, 4) is 0 Å². The molecule has 0 fully saturated rings. The lowest BCUT2D eigenvalue weighted by Gasteiger charge is -2.19. The Labute approximate surface area is 116 Å². The van der Waals surface area contributed by atoms with E-state index in [1.165, 1.54) is 21.8 Å². The number of nitrogens with zero attached hydrogens (tertiary/aromatic N) is 2. The molecule has 2 rings (SSSR count). The van der Waals surface area contributed by atoms with Crippen molar-refractivity contribution < 1.29 is 8.42 Å². The zero-order valence-electron chi connectivity index (χ0n) is 10.5. The van der Waals surface area contributed by atoms with E-state index in [2.05, 4.69) is 10.2 Å². The number of aromatic amines is 1. The highest BCUT2D eigenvalue weighted by molar-refractivity contribution is 7.89. The van der Waals surface area contributed by atoms with E-state index in [9.17, 15) is 8.42 Å². The molecule has 0 aliphatic carbocycles. The first-order chi connectivity index (χ1) is 9.09. The van der Waals surface area contributed by atoms with Crippen molar-refractivity contribution in [2.75, 3.05) is 6.54 Å². The van der Waals surface area contributed by atoms with Crippen LogP contribution in [0.15, 0.2) is 28.7 Å². The molecule has 19 heavy (non-hydrogen) atoms. The second-order valence-electron chi connectivity index (χ2n) is 3.94. The molecule has 2 aromatic heterocycles. The zero-order chi connectivity index (χ0) is 13.9. The van der Waals surface area contributed by atoms with Gasteiger partial charge in [0.05, 0.1) is 6.20 Å². The molecular weight excluding hydrogens is 284 g/mol. The fraction of sp³-hybridized carbons (Fsp3) is 0.364. The average molecular weight is 300 g/mol. The Balaban J connectivity index is 2.31. The molecule has 0 radical (unpaired) electrons. The number of hydrogen-bond acceptors (Lipinski definition) is 5. The molecule has 8 heteroatoms. The van der Waals surface area contributed by atoms with Gasteiger partial charge in [0.2, 0.25) is 0 Å². The van der Waals surface area contributed by atoms with Crippen molar-refractivity contribution in [3.63, 3.8) is 0 Å². The van der Waals surface area contributed by atoms with Crippen LogP contribution >= 0.6 is 11.3 Å². The molecule has 0 spiro atoms. The molecule has 2 aromatic rings. The molecule has 0 amide bonds. The standard InChI is InChI=1S/C11H16N4O2S2/c1-2-15(8-10-4-3-5-18-10)19(16,17)11-9(6-12)7-13-14-11/h3-5,7H,2,6,8,12H2,1H3,(H,13,14). The lowest BCUT2D eigenvalue weighted by molar-refractivity contribution is 0.423. The van der Waals surface area contributed by atoms with E-state index in [1.54, 1.807) is 0 Å². The summed E-state index contributed by atoms with van der Waals surface area (Å²) in [5.41, 5.74) is 6.03. The number of rotatable bonds is 6. The summed E-state index contributed by atoms with van der Waals surface area (Å²) < 4.78 is 26.5. The lowest BCUT2D eigenvalue weighted by Crippen LogP contribution is -2.31. The number of thiophene rings is 1. The Kier molecular flexibility index (Phi) is 4.35. The van der Waals surface area contributed by atoms with Crippen LogP contribution in [0.4, 0.5) is 0 Å². The summed E-state index contributed by atoms with van der Waals surface area (Å²) in [5, 5.41) is 8.32. The summed E-state index contributed by atoms with van der Waals surface area (Å²) in [4.78, 5) is 0.999. The van der Waals surface area contributed by atoms with Gasteiger partial charge in [-0.3, -0.25) is 5.10 Å². The van der Waals surface area contributed by atoms with Crippen molar-refractivity contribution in [2.45, 2.75) is 25.0 Å².